The molecule has 0 atom stereocenters. The van der Waals surface area contributed by atoms with E-state index in [2.05, 4.69) is 0 Å². The summed E-state index contributed by atoms with van der Waals surface area (Å²) in [7, 11) is 0. The molecule has 1 radical (unpaired) electrons. The third-order valence-electron chi connectivity index (χ3n) is 3.13. The minimum atomic E-state index is -0.325. The van der Waals surface area contributed by atoms with Crippen LogP contribution in [0, 0.1) is 10.1 Å². The Hall–Kier alpha value is -2.75. The van der Waals surface area contributed by atoms with Crippen molar-refractivity contribution >= 4 is 6.29 Å². The van der Waals surface area contributed by atoms with Crippen LogP contribution in [-0.4, -0.2) is 11.2 Å². The van der Waals surface area contributed by atoms with E-state index in [0.717, 1.165) is 19.3 Å². The summed E-state index contributed by atoms with van der Waals surface area (Å²) in [5.41, 5.74) is 0.228. The van der Waals surface area contributed by atoms with Crippen LogP contribution in [0.1, 0.15) is 45.4 Å². The van der Waals surface area contributed by atoms with E-state index in [-0.39, 0.29) is 10.6 Å². The quantitative estimate of drug-likeness (QED) is 0.127. The highest BCUT2D eigenvalue weighted by Crippen LogP contribution is 2.06. The van der Waals surface area contributed by atoms with Crippen molar-refractivity contribution in [2.24, 2.45) is 0 Å². The normalized spacial score (nSPS) is 13.5. The summed E-state index contributed by atoms with van der Waals surface area (Å²) in [5.74, 6) is 0. The Morgan fingerprint density at radius 3 is 2.15 bits per heavy atom. The van der Waals surface area contributed by atoms with E-state index in [1.807, 2.05) is 86.1 Å². The predicted molar refractivity (Wildman–Crippen MR) is 109 cm³/mol. The number of nitro groups is 1. The van der Waals surface area contributed by atoms with Crippen LogP contribution < -0.4 is 0 Å². The van der Waals surface area contributed by atoms with E-state index < -0.39 is 0 Å². The molecule has 0 heterocycles. The monoisotopic (exact) mass is 354 g/mol. The second-order valence-electron chi connectivity index (χ2n) is 5.29. The number of rotatable bonds is 14. The van der Waals surface area contributed by atoms with Gasteiger partial charge < -0.3 is 0 Å². The maximum atomic E-state index is 10.9. The maximum Gasteiger partial charge on any atom is 0.246 e. The van der Waals surface area contributed by atoms with Crippen LogP contribution in [-0.2, 0) is 4.79 Å². The molecule has 0 aromatic heterocycles. The van der Waals surface area contributed by atoms with Crippen LogP contribution in [0.2, 0.25) is 0 Å². The lowest BCUT2D eigenvalue weighted by atomic mass is 10.2. The van der Waals surface area contributed by atoms with Gasteiger partial charge in [0, 0.05) is 6.42 Å². The Labute approximate surface area is 156 Å². The predicted octanol–water partition coefficient (Wildman–Crippen LogP) is 5.95. The molecule has 139 valence electrons. The van der Waals surface area contributed by atoms with E-state index >= 15 is 0 Å². The third kappa shape index (κ3) is 16.1. The first-order valence-electron chi connectivity index (χ1n) is 8.85. The summed E-state index contributed by atoms with van der Waals surface area (Å²) in [6.07, 6.45) is 30.5. The second-order valence-corrected chi connectivity index (χ2v) is 5.29. The van der Waals surface area contributed by atoms with Crippen molar-refractivity contribution in [1.29, 1.82) is 0 Å². The number of allylic oxidation sites excluding steroid dienone is 13. The summed E-state index contributed by atoms with van der Waals surface area (Å²) >= 11 is 0. The number of nitrogens with zero attached hydrogens (tertiary/aromatic N) is 1. The van der Waals surface area contributed by atoms with Crippen LogP contribution in [0.3, 0.4) is 0 Å². The molecule has 0 N–H and O–H groups in total. The molecule has 0 aliphatic carbocycles. The van der Waals surface area contributed by atoms with Gasteiger partial charge in [-0.3, -0.25) is 14.9 Å². The first kappa shape index (κ1) is 23.2. The molecule has 4 heteroatoms. The fourth-order valence-electron chi connectivity index (χ4n) is 1.81. The van der Waals surface area contributed by atoms with Gasteiger partial charge in [-0.1, -0.05) is 79.8 Å². The van der Waals surface area contributed by atoms with Gasteiger partial charge >= 0.3 is 0 Å². The molecule has 0 rings (SSSR count). The van der Waals surface area contributed by atoms with Crippen molar-refractivity contribution in [3.05, 3.63) is 94.8 Å². The zero-order chi connectivity index (χ0) is 19.3. The largest absolute Gasteiger partial charge is 0.291 e. The molecule has 0 fully saturated rings. The smallest absolute Gasteiger partial charge is 0.246 e. The molecular formula is C22H28NO3. The molecule has 0 saturated carbocycles. The molecule has 0 aromatic carbocycles. The molecule has 0 spiro atoms. The van der Waals surface area contributed by atoms with Crippen LogP contribution in [0.15, 0.2) is 84.7 Å². The Kier molecular flexibility index (Phi) is 16.6. The summed E-state index contributed by atoms with van der Waals surface area (Å²) in [6.45, 7) is 2.00. The Balaban J connectivity index is 4.06. The van der Waals surface area contributed by atoms with Gasteiger partial charge in [0.1, 0.15) is 0 Å². The van der Waals surface area contributed by atoms with E-state index in [1.165, 1.54) is 0 Å². The van der Waals surface area contributed by atoms with Crippen molar-refractivity contribution < 1.29 is 9.72 Å². The van der Waals surface area contributed by atoms with E-state index in [4.69, 9.17) is 0 Å². The van der Waals surface area contributed by atoms with Gasteiger partial charge in [0.25, 0.3) is 0 Å². The van der Waals surface area contributed by atoms with Crippen molar-refractivity contribution in [1.82, 2.24) is 0 Å². The summed E-state index contributed by atoms with van der Waals surface area (Å²) in [6, 6.07) is 0. The molecular weight excluding hydrogens is 326 g/mol. The maximum absolute atomic E-state index is 10.9. The van der Waals surface area contributed by atoms with Crippen molar-refractivity contribution in [2.45, 2.75) is 45.4 Å². The second kappa shape index (κ2) is 18.6. The van der Waals surface area contributed by atoms with Gasteiger partial charge in [0.2, 0.25) is 5.70 Å². The van der Waals surface area contributed by atoms with Crippen LogP contribution in [0.25, 0.3) is 0 Å². The molecule has 26 heavy (non-hydrogen) atoms. The highest BCUT2D eigenvalue weighted by atomic mass is 16.6. The first-order chi connectivity index (χ1) is 12.7. The first-order valence-corrected chi connectivity index (χ1v) is 8.85. The Bertz CT molecular complexity index is 591. The van der Waals surface area contributed by atoms with Gasteiger partial charge in [-0.25, -0.2) is 0 Å². The zero-order valence-electron chi connectivity index (χ0n) is 15.4. The topological polar surface area (TPSA) is 60.2 Å². The molecule has 0 bridgehead atoms. The van der Waals surface area contributed by atoms with Gasteiger partial charge in [-0.2, -0.15) is 0 Å². The van der Waals surface area contributed by atoms with Crippen molar-refractivity contribution in [3.63, 3.8) is 0 Å². The summed E-state index contributed by atoms with van der Waals surface area (Å²) in [5, 5.41) is 10.9. The molecule has 0 aliphatic heterocycles. The van der Waals surface area contributed by atoms with E-state index in [0.29, 0.717) is 19.3 Å². The number of hydrogen-bond acceptors (Lipinski definition) is 3. The SMILES string of the molecule is CC/C=C\C/C(=C\C\C=C/C=C\C=C/C=C\C/C=C\CC[C]=O)[N+](=O)[O-]. The third-order valence-corrected chi connectivity index (χ3v) is 3.13. The fourth-order valence-corrected chi connectivity index (χ4v) is 1.81. The Morgan fingerprint density at radius 2 is 1.54 bits per heavy atom. The average molecular weight is 354 g/mol. The van der Waals surface area contributed by atoms with Crippen molar-refractivity contribution in [3.8, 4) is 0 Å². The molecule has 0 aliphatic rings. The van der Waals surface area contributed by atoms with Gasteiger partial charge in [0.15, 0.2) is 6.29 Å². The minimum absolute atomic E-state index is 0.228. The molecule has 0 unspecified atom stereocenters. The van der Waals surface area contributed by atoms with Gasteiger partial charge in [0.05, 0.1) is 11.3 Å². The standard InChI is InChI=1S/C22H28NO3/c1-2-3-16-19-22(23(25)26)20-17-14-12-10-8-6-4-5-7-9-11-13-15-18-21-24/h3-8,10-14,16,20H,2,9,15,17-19H2,1H3/b6-4-,7-5-,10-8-,13-11-,14-12-,16-3-,22-20+. The van der Waals surface area contributed by atoms with Gasteiger partial charge in [-0.15, -0.1) is 0 Å². The Morgan fingerprint density at radius 1 is 0.885 bits per heavy atom. The van der Waals surface area contributed by atoms with Gasteiger partial charge in [-0.05, 0) is 31.8 Å². The number of unbranched alkanes of at least 4 members (excludes halogenated alkanes) is 1. The van der Waals surface area contributed by atoms with E-state index in [9.17, 15) is 14.9 Å². The lowest BCUT2D eigenvalue weighted by molar-refractivity contribution is -0.427. The highest BCUT2D eigenvalue weighted by molar-refractivity contribution is 5.50. The molecule has 0 saturated heterocycles. The summed E-state index contributed by atoms with van der Waals surface area (Å²) in [4.78, 5) is 20.6. The molecule has 0 amide bonds. The lowest BCUT2D eigenvalue weighted by Crippen LogP contribution is -1.97. The van der Waals surface area contributed by atoms with Crippen LogP contribution in [0.5, 0.6) is 0 Å². The molecule has 0 aromatic rings. The van der Waals surface area contributed by atoms with Crippen molar-refractivity contribution in [2.75, 3.05) is 0 Å². The zero-order valence-corrected chi connectivity index (χ0v) is 15.4. The van der Waals surface area contributed by atoms with E-state index in [1.54, 1.807) is 6.08 Å². The van der Waals surface area contributed by atoms with Crippen LogP contribution >= 0.6 is 0 Å². The minimum Gasteiger partial charge on any atom is -0.291 e. The number of carbonyl (C=O) groups excluding carboxylic acids is 1. The number of hydrogen-bond donors (Lipinski definition) is 0. The van der Waals surface area contributed by atoms with Crippen LogP contribution in [0.4, 0.5) is 0 Å². The lowest BCUT2D eigenvalue weighted by Gasteiger charge is -1.92. The molecule has 4 nitrogen and oxygen atoms in total. The summed E-state index contributed by atoms with van der Waals surface area (Å²) < 4.78 is 0. The fraction of sp³-hybridized carbons (Fsp3) is 0.318. The highest BCUT2D eigenvalue weighted by Gasteiger charge is 2.05. The average Bonchev–Trinajstić information content (AvgIpc) is 2.63.